The highest BCUT2D eigenvalue weighted by atomic mass is 35.5. The minimum absolute atomic E-state index is 0.0892. The second kappa shape index (κ2) is 9.01. The van der Waals surface area contributed by atoms with Crippen molar-refractivity contribution in [1.29, 1.82) is 0 Å². The average Bonchev–Trinajstić information content (AvgIpc) is 2.67. The number of nitro benzene ring substituents is 1. The van der Waals surface area contributed by atoms with Gasteiger partial charge in [-0.15, -0.1) is 0 Å². The fourth-order valence-electron chi connectivity index (χ4n) is 3.19. The Morgan fingerprint density at radius 2 is 1.73 bits per heavy atom. The highest BCUT2D eigenvalue weighted by molar-refractivity contribution is 6.30. The van der Waals surface area contributed by atoms with Crippen molar-refractivity contribution in [1.82, 2.24) is 4.90 Å². The monoisotopic (exact) mass is 374 g/mol. The van der Waals surface area contributed by atoms with Gasteiger partial charge in [-0.1, -0.05) is 23.7 Å². The quantitative estimate of drug-likeness (QED) is 0.525. The number of nitrogens with zero attached hydrogens (tertiary/aromatic N) is 2. The molecule has 1 heterocycles. The van der Waals surface area contributed by atoms with E-state index < -0.39 is 4.92 Å². The number of halogens is 1. The highest BCUT2D eigenvalue weighted by Crippen LogP contribution is 2.22. The molecule has 0 atom stereocenters. The molecule has 0 amide bonds. The lowest BCUT2D eigenvalue weighted by molar-refractivity contribution is -0.384. The maximum Gasteiger partial charge on any atom is 0.269 e. The normalized spacial score (nSPS) is 15.7. The molecule has 2 aromatic carbocycles. The van der Waals surface area contributed by atoms with Gasteiger partial charge in [0.25, 0.3) is 5.69 Å². The van der Waals surface area contributed by atoms with E-state index in [1.54, 1.807) is 12.1 Å². The van der Waals surface area contributed by atoms with Gasteiger partial charge in [-0.2, -0.15) is 0 Å². The molecule has 0 bridgehead atoms. The molecule has 1 aliphatic rings. The zero-order valence-electron chi connectivity index (χ0n) is 14.6. The van der Waals surface area contributed by atoms with Gasteiger partial charge in [-0.25, -0.2) is 0 Å². The SMILES string of the molecule is O=[N+]([O-])c1ccc(OCC2CCN(CCc3ccc(Cl)cc3)CC2)cc1. The second-order valence-corrected chi connectivity index (χ2v) is 7.16. The predicted molar refractivity (Wildman–Crippen MR) is 103 cm³/mol. The van der Waals surface area contributed by atoms with Crippen LogP contribution in [0.5, 0.6) is 5.75 Å². The summed E-state index contributed by atoms with van der Waals surface area (Å²) in [6, 6.07) is 14.4. The third-order valence-corrected chi connectivity index (χ3v) is 5.12. The van der Waals surface area contributed by atoms with Crippen molar-refractivity contribution in [3.05, 3.63) is 69.2 Å². The van der Waals surface area contributed by atoms with Gasteiger partial charge in [0.2, 0.25) is 0 Å². The van der Waals surface area contributed by atoms with E-state index in [2.05, 4.69) is 17.0 Å². The summed E-state index contributed by atoms with van der Waals surface area (Å²) in [6.07, 6.45) is 3.28. The molecule has 0 N–H and O–H groups in total. The van der Waals surface area contributed by atoms with Crippen LogP contribution >= 0.6 is 11.6 Å². The number of nitro groups is 1. The number of hydrogen-bond acceptors (Lipinski definition) is 4. The van der Waals surface area contributed by atoms with Gasteiger partial charge in [0, 0.05) is 23.7 Å². The van der Waals surface area contributed by atoms with Crippen molar-refractivity contribution in [2.75, 3.05) is 26.2 Å². The van der Waals surface area contributed by atoms with Crippen LogP contribution in [0.25, 0.3) is 0 Å². The summed E-state index contributed by atoms with van der Waals surface area (Å²) in [5.41, 5.74) is 1.41. The molecule has 138 valence electrons. The van der Waals surface area contributed by atoms with Crippen molar-refractivity contribution < 1.29 is 9.66 Å². The van der Waals surface area contributed by atoms with Crippen molar-refractivity contribution in [2.24, 2.45) is 5.92 Å². The van der Waals surface area contributed by atoms with Gasteiger partial charge in [0.1, 0.15) is 5.75 Å². The first-order valence-corrected chi connectivity index (χ1v) is 9.32. The van der Waals surface area contributed by atoms with Crippen LogP contribution in [-0.2, 0) is 6.42 Å². The zero-order chi connectivity index (χ0) is 18.4. The number of hydrogen-bond donors (Lipinski definition) is 0. The standard InChI is InChI=1S/C20H23ClN2O3/c21-18-3-1-16(2-4-18)9-12-22-13-10-17(11-14-22)15-26-20-7-5-19(6-8-20)23(24)25/h1-8,17H,9-15H2. The maximum atomic E-state index is 10.7. The van der Waals surface area contributed by atoms with Gasteiger partial charge in [-0.3, -0.25) is 10.1 Å². The van der Waals surface area contributed by atoms with Crippen LogP contribution in [0.3, 0.4) is 0 Å². The Balaban J connectivity index is 1.37. The summed E-state index contributed by atoms with van der Waals surface area (Å²) in [6.45, 7) is 3.91. The molecule has 26 heavy (non-hydrogen) atoms. The minimum atomic E-state index is -0.399. The number of non-ortho nitro benzene ring substituents is 1. The summed E-state index contributed by atoms with van der Waals surface area (Å²) in [5, 5.41) is 11.4. The van der Waals surface area contributed by atoms with Crippen LogP contribution < -0.4 is 4.74 Å². The van der Waals surface area contributed by atoms with Crippen LogP contribution in [0.1, 0.15) is 18.4 Å². The fraction of sp³-hybridized carbons (Fsp3) is 0.400. The molecule has 5 nitrogen and oxygen atoms in total. The van der Waals surface area contributed by atoms with E-state index in [1.165, 1.54) is 17.7 Å². The Morgan fingerprint density at radius 1 is 1.08 bits per heavy atom. The summed E-state index contributed by atoms with van der Waals surface area (Å²) >= 11 is 5.92. The van der Waals surface area contributed by atoms with E-state index >= 15 is 0 Å². The zero-order valence-corrected chi connectivity index (χ0v) is 15.4. The van der Waals surface area contributed by atoms with Crippen LogP contribution in [0, 0.1) is 16.0 Å². The molecule has 6 heteroatoms. The van der Waals surface area contributed by atoms with Gasteiger partial charge < -0.3 is 9.64 Å². The molecule has 1 fully saturated rings. The van der Waals surface area contributed by atoms with Crippen LogP contribution in [-0.4, -0.2) is 36.1 Å². The summed E-state index contributed by atoms with van der Waals surface area (Å²) < 4.78 is 5.80. The Hall–Kier alpha value is -2.11. The van der Waals surface area contributed by atoms with E-state index in [1.807, 2.05) is 12.1 Å². The minimum Gasteiger partial charge on any atom is -0.493 e. The first-order valence-electron chi connectivity index (χ1n) is 8.94. The van der Waals surface area contributed by atoms with Gasteiger partial charge in [0.05, 0.1) is 11.5 Å². The molecular formula is C20H23ClN2O3. The molecule has 2 aromatic rings. The highest BCUT2D eigenvalue weighted by Gasteiger charge is 2.19. The van der Waals surface area contributed by atoms with Crippen LogP contribution in [0.2, 0.25) is 5.02 Å². The molecule has 1 aliphatic heterocycles. The largest absolute Gasteiger partial charge is 0.493 e. The lowest BCUT2D eigenvalue weighted by Crippen LogP contribution is -2.36. The molecule has 0 unspecified atom stereocenters. The van der Waals surface area contributed by atoms with E-state index in [9.17, 15) is 10.1 Å². The molecule has 0 spiro atoms. The van der Waals surface area contributed by atoms with Crippen LogP contribution in [0.15, 0.2) is 48.5 Å². The predicted octanol–water partition coefficient (Wildman–Crippen LogP) is 4.58. The average molecular weight is 375 g/mol. The van der Waals surface area contributed by atoms with Crippen molar-refractivity contribution in [2.45, 2.75) is 19.3 Å². The summed E-state index contributed by atoms with van der Waals surface area (Å²) in [4.78, 5) is 12.8. The third kappa shape index (κ3) is 5.44. The second-order valence-electron chi connectivity index (χ2n) is 6.72. The van der Waals surface area contributed by atoms with E-state index in [0.717, 1.165) is 43.9 Å². The third-order valence-electron chi connectivity index (χ3n) is 4.87. The van der Waals surface area contributed by atoms with Crippen molar-refractivity contribution >= 4 is 17.3 Å². The van der Waals surface area contributed by atoms with E-state index in [0.29, 0.717) is 18.3 Å². The lowest BCUT2D eigenvalue weighted by Gasteiger charge is -2.31. The molecule has 1 saturated heterocycles. The number of rotatable bonds is 7. The van der Waals surface area contributed by atoms with E-state index in [4.69, 9.17) is 16.3 Å². The maximum absolute atomic E-state index is 10.7. The molecule has 0 aliphatic carbocycles. The van der Waals surface area contributed by atoms with E-state index in [-0.39, 0.29) is 5.69 Å². The lowest BCUT2D eigenvalue weighted by atomic mass is 9.97. The molecule has 0 saturated carbocycles. The first-order chi connectivity index (χ1) is 12.6. The molecule has 0 aromatic heterocycles. The Labute approximate surface area is 158 Å². The Bertz CT molecular complexity index is 711. The number of piperidine rings is 1. The topological polar surface area (TPSA) is 55.6 Å². The Kier molecular flexibility index (Phi) is 6.47. The summed E-state index contributed by atoms with van der Waals surface area (Å²) in [5.74, 6) is 1.23. The molecule has 3 rings (SSSR count). The van der Waals surface area contributed by atoms with Gasteiger partial charge in [0.15, 0.2) is 0 Å². The molecule has 0 radical (unpaired) electrons. The summed E-state index contributed by atoms with van der Waals surface area (Å²) in [7, 11) is 0. The smallest absolute Gasteiger partial charge is 0.269 e. The first kappa shape index (κ1) is 18.7. The van der Waals surface area contributed by atoms with Crippen LogP contribution in [0.4, 0.5) is 5.69 Å². The van der Waals surface area contributed by atoms with Gasteiger partial charge in [-0.05, 0) is 68.1 Å². The van der Waals surface area contributed by atoms with Crippen molar-refractivity contribution in [3.63, 3.8) is 0 Å². The van der Waals surface area contributed by atoms with Crippen molar-refractivity contribution in [3.8, 4) is 5.75 Å². The van der Waals surface area contributed by atoms with Gasteiger partial charge >= 0.3 is 0 Å². The number of likely N-dealkylation sites (tertiary alicyclic amines) is 1. The molecular weight excluding hydrogens is 352 g/mol. The fourth-order valence-corrected chi connectivity index (χ4v) is 3.32. The number of benzene rings is 2. The Morgan fingerprint density at radius 3 is 2.35 bits per heavy atom. The number of ether oxygens (including phenoxy) is 1.